The van der Waals surface area contributed by atoms with Crippen molar-refractivity contribution in [2.75, 3.05) is 11.9 Å². The fourth-order valence-corrected chi connectivity index (χ4v) is 2.72. The van der Waals surface area contributed by atoms with E-state index >= 15 is 0 Å². The van der Waals surface area contributed by atoms with Gasteiger partial charge in [0.05, 0.1) is 12.2 Å². The summed E-state index contributed by atoms with van der Waals surface area (Å²) in [5.41, 5.74) is 0.837. The molecule has 1 saturated carbocycles. The summed E-state index contributed by atoms with van der Waals surface area (Å²) in [6.07, 6.45) is 4.65. The van der Waals surface area contributed by atoms with E-state index in [9.17, 15) is 4.79 Å². The first kappa shape index (κ1) is 13.7. The minimum Gasteiger partial charge on any atom is -0.375 e. The molecule has 18 heavy (non-hydrogen) atoms. The molecule has 0 atom stereocenters. The smallest absolute Gasteiger partial charge is 0.239 e. The van der Waals surface area contributed by atoms with E-state index in [1.165, 1.54) is 12.8 Å². The van der Waals surface area contributed by atoms with Gasteiger partial charge in [-0.15, -0.1) is 0 Å². The molecule has 3 nitrogen and oxygen atoms in total. The van der Waals surface area contributed by atoms with Crippen LogP contribution in [0.1, 0.15) is 25.7 Å². The van der Waals surface area contributed by atoms with Gasteiger partial charge in [0.1, 0.15) is 0 Å². The van der Waals surface area contributed by atoms with Crippen molar-refractivity contribution in [1.29, 1.82) is 0 Å². The highest BCUT2D eigenvalue weighted by Gasteiger charge is 2.16. The Bertz CT molecular complexity index is 433. The zero-order valence-corrected chi connectivity index (χ0v) is 12.4. The van der Waals surface area contributed by atoms with Gasteiger partial charge in [-0.1, -0.05) is 24.4 Å². The van der Waals surface area contributed by atoms with Crippen molar-refractivity contribution in [3.05, 3.63) is 27.7 Å². The van der Waals surface area contributed by atoms with Crippen molar-refractivity contribution in [1.82, 2.24) is 5.32 Å². The summed E-state index contributed by atoms with van der Waals surface area (Å²) >= 11 is 9.32. The maximum Gasteiger partial charge on any atom is 0.239 e. The predicted molar refractivity (Wildman–Crippen MR) is 78.0 cm³/mol. The number of anilines is 1. The molecule has 0 saturated heterocycles. The SMILES string of the molecule is O=C(CNc1cc(Cl)ccc1Br)NC1CCCC1. The average Bonchev–Trinajstić information content (AvgIpc) is 2.83. The highest BCUT2D eigenvalue weighted by atomic mass is 79.9. The summed E-state index contributed by atoms with van der Waals surface area (Å²) in [6.45, 7) is 0.273. The second-order valence-corrected chi connectivity index (χ2v) is 5.82. The van der Waals surface area contributed by atoms with Gasteiger partial charge < -0.3 is 10.6 Å². The monoisotopic (exact) mass is 330 g/mol. The molecule has 1 amide bonds. The Kier molecular flexibility index (Phi) is 4.89. The van der Waals surface area contributed by atoms with Crippen LogP contribution in [0.4, 0.5) is 5.69 Å². The third-order valence-electron chi connectivity index (χ3n) is 3.09. The fraction of sp³-hybridized carbons (Fsp3) is 0.462. The van der Waals surface area contributed by atoms with Gasteiger partial charge in [-0.2, -0.15) is 0 Å². The van der Waals surface area contributed by atoms with Gasteiger partial charge in [0.15, 0.2) is 0 Å². The zero-order chi connectivity index (χ0) is 13.0. The molecule has 0 unspecified atom stereocenters. The first-order valence-electron chi connectivity index (χ1n) is 6.13. The summed E-state index contributed by atoms with van der Waals surface area (Å²) in [4.78, 5) is 11.7. The summed E-state index contributed by atoms with van der Waals surface area (Å²) < 4.78 is 0.903. The number of halogens is 2. The molecule has 0 bridgehead atoms. The summed E-state index contributed by atoms with van der Waals surface area (Å²) in [5.74, 6) is 0.0359. The molecule has 5 heteroatoms. The number of rotatable bonds is 4. The molecule has 0 radical (unpaired) electrons. The van der Waals surface area contributed by atoms with Crippen molar-refractivity contribution >= 4 is 39.1 Å². The van der Waals surface area contributed by atoms with Crippen LogP contribution in [0.25, 0.3) is 0 Å². The minimum absolute atomic E-state index is 0.0359. The van der Waals surface area contributed by atoms with Gasteiger partial charge in [0, 0.05) is 15.5 Å². The van der Waals surface area contributed by atoms with E-state index in [4.69, 9.17) is 11.6 Å². The molecular formula is C13H16BrClN2O. The van der Waals surface area contributed by atoms with Crippen LogP contribution in [0, 0.1) is 0 Å². The molecule has 0 spiro atoms. The van der Waals surface area contributed by atoms with Crippen LogP contribution < -0.4 is 10.6 Å². The fourth-order valence-electron chi connectivity index (χ4n) is 2.16. The van der Waals surface area contributed by atoms with Crippen LogP contribution in [0.15, 0.2) is 22.7 Å². The Hall–Kier alpha value is -0.740. The number of carbonyl (C=O) groups excluding carboxylic acids is 1. The first-order valence-corrected chi connectivity index (χ1v) is 7.30. The first-order chi connectivity index (χ1) is 8.65. The molecule has 0 aromatic heterocycles. The lowest BCUT2D eigenvalue weighted by Crippen LogP contribution is -2.36. The van der Waals surface area contributed by atoms with E-state index in [-0.39, 0.29) is 12.5 Å². The molecule has 1 aromatic rings. The molecule has 1 aromatic carbocycles. The molecule has 2 N–H and O–H groups in total. The number of nitrogens with one attached hydrogen (secondary N) is 2. The van der Waals surface area contributed by atoms with Crippen molar-refractivity contribution in [3.63, 3.8) is 0 Å². The number of amides is 1. The number of hydrogen-bond donors (Lipinski definition) is 2. The maximum atomic E-state index is 11.7. The topological polar surface area (TPSA) is 41.1 Å². The van der Waals surface area contributed by atoms with Crippen molar-refractivity contribution < 1.29 is 4.79 Å². The Morgan fingerprint density at radius 3 is 2.83 bits per heavy atom. The van der Waals surface area contributed by atoms with Gasteiger partial charge >= 0.3 is 0 Å². The molecule has 98 valence electrons. The summed E-state index contributed by atoms with van der Waals surface area (Å²) in [7, 11) is 0. The van der Waals surface area contributed by atoms with Crippen LogP contribution in [0.3, 0.4) is 0 Å². The minimum atomic E-state index is 0.0359. The molecule has 2 rings (SSSR count). The Labute approximate surface area is 120 Å². The zero-order valence-electron chi connectivity index (χ0n) is 10.0. The Morgan fingerprint density at radius 2 is 2.11 bits per heavy atom. The normalized spacial score (nSPS) is 15.7. The van der Waals surface area contributed by atoms with Crippen molar-refractivity contribution in [3.8, 4) is 0 Å². The van der Waals surface area contributed by atoms with Crippen LogP contribution in [-0.2, 0) is 4.79 Å². The van der Waals surface area contributed by atoms with Crippen LogP contribution >= 0.6 is 27.5 Å². The average molecular weight is 332 g/mol. The van der Waals surface area contributed by atoms with E-state index in [1.807, 2.05) is 6.07 Å². The Morgan fingerprint density at radius 1 is 1.39 bits per heavy atom. The van der Waals surface area contributed by atoms with Crippen molar-refractivity contribution in [2.24, 2.45) is 0 Å². The number of benzene rings is 1. The lowest BCUT2D eigenvalue weighted by atomic mass is 10.2. The highest BCUT2D eigenvalue weighted by molar-refractivity contribution is 9.10. The molecule has 0 heterocycles. The van der Waals surface area contributed by atoms with Crippen LogP contribution in [0.5, 0.6) is 0 Å². The van der Waals surface area contributed by atoms with Gasteiger partial charge in [-0.25, -0.2) is 0 Å². The summed E-state index contributed by atoms with van der Waals surface area (Å²) in [5, 5.41) is 6.77. The summed E-state index contributed by atoms with van der Waals surface area (Å²) in [6, 6.07) is 5.82. The molecule has 1 aliphatic rings. The second kappa shape index (κ2) is 6.43. The van der Waals surface area contributed by atoms with Crippen molar-refractivity contribution in [2.45, 2.75) is 31.7 Å². The third-order valence-corrected chi connectivity index (χ3v) is 4.01. The van der Waals surface area contributed by atoms with E-state index in [0.29, 0.717) is 11.1 Å². The van der Waals surface area contributed by atoms with E-state index in [2.05, 4.69) is 26.6 Å². The molecule has 1 aliphatic carbocycles. The standard InChI is InChI=1S/C13H16BrClN2O/c14-11-6-5-9(15)7-12(11)16-8-13(18)17-10-3-1-2-4-10/h5-7,10,16H,1-4,8H2,(H,17,18). The largest absolute Gasteiger partial charge is 0.375 e. The third kappa shape index (κ3) is 3.89. The van der Waals surface area contributed by atoms with Gasteiger partial charge in [-0.3, -0.25) is 4.79 Å². The second-order valence-electron chi connectivity index (χ2n) is 4.53. The maximum absolute atomic E-state index is 11.7. The van der Waals surface area contributed by atoms with Gasteiger partial charge in [-0.05, 0) is 47.0 Å². The molecule has 0 aliphatic heterocycles. The van der Waals surface area contributed by atoms with E-state index in [0.717, 1.165) is 23.0 Å². The lowest BCUT2D eigenvalue weighted by molar-refractivity contribution is -0.120. The predicted octanol–water partition coefficient (Wildman–Crippen LogP) is 3.57. The van der Waals surface area contributed by atoms with E-state index in [1.54, 1.807) is 12.1 Å². The number of carbonyl (C=O) groups is 1. The van der Waals surface area contributed by atoms with Crippen LogP contribution in [0.2, 0.25) is 5.02 Å². The van der Waals surface area contributed by atoms with E-state index < -0.39 is 0 Å². The van der Waals surface area contributed by atoms with Gasteiger partial charge in [0.25, 0.3) is 0 Å². The lowest BCUT2D eigenvalue weighted by Gasteiger charge is -2.13. The Balaban J connectivity index is 1.83. The van der Waals surface area contributed by atoms with Gasteiger partial charge in [0.2, 0.25) is 5.91 Å². The quantitative estimate of drug-likeness (QED) is 0.885. The molecular weight excluding hydrogens is 316 g/mol. The number of hydrogen-bond acceptors (Lipinski definition) is 2. The highest BCUT2D eigenvalue weighted by Crippen LogP contribution is 2.25. The molecule has 1 fully saturated rings. The van der Waals surface area contributed by atoms with Crippen LogP contribution in [-0.4, -0.2) is 18.5 Å².